The minimum absolute atomic E-state index is 0.114. The highest BCUT2D eigenvalue weighted by molar-refractivity contribution is 5.83. The van der Waals surface area contributed by atoms with E-state index >= 15 is 0 Å². The molecule has 0 bridgehead atoms. The van der Waals surface area contributed by atoms with Crippen molar-refractivity contribution in [1.29, 1.82) is 0 Å². The van der Waals surface area contributed by atoms with E-state index in [2.05, 4.69) is 22.5 Å². The summed E-state index contributed by atoms with van der Waals surface area (Å²) in [5, 5.41) is 6.80. The third-order valence-corrected chi connectivity index (χ3v) is 4.28. The van der Waals surface area contributed by atoms with Gasteiger partial charge in [0.1, 0.15) is 0 Å². The summed E-state index contributed by atoms with van der Waals surface area (Å²) >= 11 is 0. The van der Waals surface area contributed by atoms with Gasteiger partial charge in [-0.15, -0.1) is 0 Å². The average Bonchev–Trinajstić information content (AvgIpc) is 2.68. The highest BCUT2D eigenvalue weighted by Gasteiger charge is 2.41. The molecule has 2 heterocycles. The molecule has 2 aliphatic heterocycles. The van der Waals surface area contributed by atoms with Gasteiger partial charge in [0.05, 0.1) is 5.41 Å². The highest BCUT2D eigenvalue weighted by Crippen LogP contribution is 2.34. The fourth-order valence-corrected chi connectivity index (χ4v) is 3.33. The monoisotopic (exact) mass is 253 g/mol. The van der Waals surface area contributed by atoms with Gasteiger partial charge in [-0.05, 0) is 38.8 Å². The molecule has 2 aliphatic rings. The maximum Gasteiger partial charge on any atom is 0.230 e. The van der Waals surface area contributed by atoms with E-state index in [1.807, 2.05) is 0 Å². The SMILES string of the molecule is CCCC1(C(=O)N2CCCNCC2)CCCNC1. The Morgan fingerprint density at radius 3 is 2.72 bits per heavy atom. The maximum atomic E-state index is 12.9. The lowest BCUT2D eigenvalue weighted by Crippen LogP contribution is -2.52. The summed E-state index contributed by atoms with van der Waals surface area (Å²) in [6.07, 6.45) is 5.41. The first kappa shape index (κ1) is 13.8. The van der Waals surface area contributed by atoms with Crippen molar-refractivity contribution in [1.82, 2.24) is 15.5 Å². The van der Waals surface area contributed by atoms with Crippen molar-refractivity contribution in [3.05, 3.63) is 0 Å². The first-order chi connectivity index (χ1) is 8.78. The first-order valence-corrected chi connectivity index (χ1v) is 7.49. The second-order valence-electron chi connectivity index (χ2n) is 5.71. The zero-order valence-corrected chi connectivity index (χ0v) is 11.6. The molecular formula is C14H27N3O. The Morgan fingerprint density at radius 1 is 1.17 bits per heavy atom. The van der Waals surface area contributed by atoms with Crippen LogP contribution in [0.15, 0.2) is 0 Å². The highest BCUT2D eigenvalue weighted by atomic mass is 16.2. The largest absolute Gasteiger partial charge is 0.341 e. The molecule has 0 aromatic carbocycles. The van der Waals surface area contributed by atoms with Crippen LogP contribution in [0, 0.1) is 5.41 Å². The van der Waals surface area contributed by atoms with E-state index in [1.54, 1.807) is 0 Å². The van der Waals surface area contributed by atoms with E-state index in [1.165, 1.54) is 0 Å². The van der Waals surface area contributed by atoms with Gasteiger partial charge in [0, 0.05) is 26.2 Å². The lowest BCUT2D eigenvalue weighted by atomic mass is 9.75. The first-order valence-electron chi connectivity index (χ1n) is 7.49. The standard InChI is InChI=1S/C14H27N3O/c1-2-5-14(6-3-7-16-12-14)13(18)17-10-4-8-15-9-11-17/h15-16H,2-12H2,1H3. The van der Waals surface area contributed by atoms with Gasteiger partial charge in [0.2, 0.25) is 5.91 Å². The Bertz CT molecular complexity index is 261. The summed E-state index contributed by atoms with van der Waals surface area (Å²) in [4.78, 5) is 15.0. The van der Waals surface area contributed by atoms with Gasteiger partial charge in [-0.1, -0.05) is 13.3 Å². The van der Waals surface area contributed by atoms with Gasteiger partial charge in [-0.3, -0.25) is 4.79 Å². The van der Waals surface area contributed by atoms with E-state index in [0.29, 0.717) is 5.91 Å². The van der Waals surface area contributed by atoms with E-state index in [-0.39, 0.29) is 5.41 Å². The summed E-state index contributed by atoms with van der Waals surface area (Å²) in [5.41, 5.74) is -0.114. The molecule has 1 atom stereocenters. The zero-order chi connectivity index (χ0) is 12.8. The van der Waals surface area contributed by atoms with Crippen LogP contribution in [0.1, 0.15) is 39.0 Å². The minimum Gasteiger partial charge on any atom is -0.341 e. The van der Waals surface area contributed by atoms with Crippen LogP contribution in [-0.4, -0.2) is 50.1 Å². The number of nitrogens with zero attached hydrogens (tertiary/aromatic N) is 1. The second kappa shape index (κ2) is 6.53. The smallest absolute Gasteiger partial charge is 0.230 e. The van der Waals surface area contributed by atoms with E-state index < -0.39 is 0 Å². The summed E-state index contributed by atoms with van der Waals surface area (Å²) < 4.78 is 0. The van der Waals surface area contributed by atoms with Gasteiger partial charge < -0.3 is 15.5 Å². The number of carbonyl (C=O) groups excluding carboxylic acids is 1. The Kier molecular flexibility index (Phi) is 5.01. The maximum absolute atomic E-state index is 12.9. The third-order valence-electron chi connectivity index (χ3n) is 4.28. The van der Waals surface area contributed by atoms with Crippen molar-refractivity contribution >= 4 is 5.91 Å². The molecule has 0 aromatic heterocycles. The molecule has 2 N–H and O–H groups in total. The molecule has 4 nitrogen and oxygen atoms in total. The molecule has 4 heteroatoms. The fourth-order valence-electron chi connectivity index (χ4n) is 3.33. The second-order valence-corrected chi connectivity index (χ2v) is 5.71. The number of hydrogen-bond donors (Lipinski definition) is 2. The normalized spacial score (nSPS) is 29.9. The number of hydrogen-bond acceptors (Lipinski definition) is 3. The number of rotatable bonds is 3. The van der Waals surface area contributed by atoms with Crippen LogP contribution in [0.25, 0.3) is 0 Å². The molecule has 0 radical (unpaired) electrons. The molecule has 0 aliphatic carbocycles. The topological polar surface area (TPSA) is 44.4 Å². The van der Waals surface area contributed by atoms with Gasteiger partial charge in [0.25, 0.3) is 0 Å². The molecular weight excluding hydrogens is 226 g/mol. The molecule has 104 valence electrons. The summed E-state index contributed by atoms with van der Waals surface area (Å²) in [6.45, 7) is 7.93. The van der Waals surface area contributed by atoms with Crippen molar-refractivity contribution in [2.24, 2.45) is 5.41 Å². The Labute approximate surface area is 110 Å². The summed E-state index contributed by atoms with van der Waals surface area (Å²) in [6, 6.07) is 0. The van der Waals surface area contributed by atoms with Crippen LogP contribution in [0.5, 0.6) is 0 Å². The van der Waals surface area contributed by atoms with Crippen molar-refractivity contribution in [2.75, 3.05) is 39.3 Å². The Morgan fingerprint density at radius 2 is 2.00 bits per heavy atom. The van der Waals surface area contributed by atoms with Crippen molar-refractivity contribution in [2.45, 2.75) is 39.0 Å². The van der Waals surface area contributed by atoms with Crippen LogP contribution in [0.4, 0.5) is 0 Å². The van der Waals surface area contributed by atoms with Crippen LogP contribution in [0.3, 0.4) is 0 Å². The van der Waals surface area contributed by atoms with E-state index in [4.69, 9.17) is 0 Å². The van der Waals surface area contributed by atoms with Gasteiger partial charge >= 0.3 is 0 Å². The minimum atomic E-state index is -0.114. The molecule has 0 spiro atoms. The summed E-state index contributed by atoms with van der Waals surface area (Å²) in [7, 11) is 0. The van der Waals surface area contributed by atoms with Crippen molar-refractivity contribution < 1.29 is 4.79 Å². The molecule has 2 rings (SSSR count). The van der Waals surface area contributed by atoms with Crippen LogP contribution in [0.2, 0.25) is 0 Å². The van der Waals surface area contributed by atoms with Gasteiger partial charge in [0.15, 0.2) is 0 Å². The van der Waals surface area contributed by atoms with Crippen LogP contribution < -0.4 is 10.6 Å². The molecule has 1 unspecified atom stereocenters. The van der Waals surface area contributed by atoms with E-state index in [9.17, 15) is 4.79 Å². The predicted octanol–water partition coefficient (Wildman–Crippen LogP) is 0.978. The molecule has 0 saturated carbocycles. The zero-order valence-electron chi connectivity index (χ0n) is 11.6. The molecule has 18 heavy (non-hydrogen) atoms. The van der Waals surface area contributed by atoms with Gasteiger partial charge in [-0.25, -0.2) is 0 Å². The van der Waals surface area contributed by atoms with Crippen molar-refractivity contribution in [3.63, 3.8) is 0 Å². The third kappa shape index (κ3) is 3.04. The van der Waals surface area contributed by atoms with Gasteiger partial charge in [-0.2, -0.15) is 0 Å². The van der Waals surface area contributed by atoms with Crippen LogP contribution >= 0.6 is 0 Å². The molecule has 0 aromatic rings. The summed E-state index contributed by atoms with van der Waals surface area (Å²) in [5.74, 6) is 0.403. The number of amides is 1. The quantitative estimate of drug-likeness (QED) is 0.788. The Hall–Kier alpha value is -0.610. The van der Waals surface area contributed by atoms with Crippen LogP contribution in [-0.2, 0) is 4.79 Å². The average molecular weight is 253 g/mol. The number of piperidine rings is 1. The fraction of sp³-hybridized carbons (Fsp3) is 0.929. The number of nitrogens with one attached hydrogen (secondary N) is 2. The lowest BCUT2D eigenvalue weighted by Gasteiger charge is -2.40. The van der Waals surface area contributed by atoms with Crippen molar-refractivity contribution in [3.8, 4) is 0 Å². The molecule has 2 saturated heterocycles. The number of carbonyl (C=O) groups is 1. The Balaban J connectivity index is 2.06. The van der Waals surface area contributed by atoms with E-state index in [0.717, 1.165) is 71.4 Å². The molecule has 2 fully saturated rings. The lowest BCUT2D eigenvalue weighted by molar-refractivity contribution is -0.143. The molecule has 1 amide bonds. The predicted molar refractivity (Wildman–Crippen MR) is 73.5 cm³/mol.